The zero-order valence-corrected chi connectivity index (χ0v) is 12.7. The lowest BCUT2D eigenvalue weighted by Gasteiger charge is -2.26. The number of nitrogens with one attached hydrogen (secondary N) is 1. The van der Waals surface area contributed by atoms with Gasteiger partial charge in [-0.25, -0.2) is 0 Å². The summed E-state index contributed by atoms with van der Waals surface area (Å²) in [6, 6.07) is 15.0. The number of benzene rings is 2. The van der Waals surface area contributed by atoms with Crippen LogP contribution < -0.4 is 14.4 Å². The molecule has 1 heterocycles. The largest absolute Gasteiger partial charge is 0.493 e. The van der Waals surface area contributed by atoms with E-state index in [2.05, 4.69) is 36.4 Å². The predicted octanol–water partition coefficient (Wildman–Crippen LogP) is 1.84. The number of rotatable bonds is 4. The average molecular weight is 284 g/mol. The topological polar surface area (TPSA) is 22.9 Å². The molecule has 0 spiro atoms. The summed E-state index contributed by atoms with van der Waals surface area (Å²) in [4.78, 5) is 1.60. The van der Waals surface area contributed by atoms with E-state index >= 15 is 0 Å². The van der Waals surface area contributed by atoms with Crippen LogP contribution in [0.1, 0.15) is 16.7 Å². The van der Waals surface area contributed by atoms with Gasteiger partial charge in [-0.2, -0.15) is 0 Å². The molecular formula is C18H22NO2+. The van der Waals surface area contributed by atoms with Crippen LogP contribution in [0.15, 0.2) is 42.5 Å². The minimum Gasteiger partial charge on any atom is -0.493 e. The van der Waals surface area contributed by atoms with Crippen LogP contribution >= 0.6 is 0 Å². The van der Waals surface area contributed by atoms with Gasteiger partial charge < -0.3 is 14.4 Å². The smallest absolute Gasteiger partial charge is 0.161 e. The highest BCUT2D eigenvalue weighted by atomic mass is 16.5. The summed E-state index contributed by atoms with van der Waals surface area (Å²) >= 11 is 0. The molecule has 1 N–H and O–H groups in total. The number of hydrogen-bond donors (Lipinski definition) is 1. The van der Waals surface area contributed by atoms with E-state index in [-0.39, 0.29) is 0 Å². The van der Waals surface area contributed by atoms with Crippen molar-refractivity contribution >= 4 is 0 Å². The Labute approximate surface area is 126 Å². The first-order chi connectivity index (χ1) is 10.3. The zero-order valence-electron chi connectivity index (χ0n) is 12.7. The Hall–Kier alpha value is -2.00. The van der Waals surface area contributed by atoms with Gasteiger partial charge in [0.05, 0.1) is 20.8 Å². The molecule has 0 saturated heterocycles. The van der Waals surface area contributed by atoms with Crippen molar-refractivity contribution in [2.75, 3.05) is 20.8 Å². The third-order valence-corrected chi connectivity index (χ3v) is 4.21. The zero-order chi connectivity index (χ0) is 14.7. The molecule has 2 aromatic carbocycles. The Balaban J connectivity index is 1.73. The lowest BCUT2D eigenvalue weighted by atomic mass is 9.99. The second-order valence-corrected chi connectivity index (χ2v) is 5.56. The van der Waals surface area contributed by atoms with Crippen LogP contribution in [-0.4, -0.2) is 20.8 Å². The number of ether oxygens (including phenoxy) is 2. The van der Waals surface area contributed by atoms with Crippen LogP contribution in [0.3, 0.4) is 0 Å². The predicted molar refractivity (Wildman–Crippen MR) is 82.9 cm³/mol. The molecule has 1 atom stereocenters. The van der Waals surface area contributed by atoms with Crippen LogP contribution in [0, 0.1) is 0 Å². The van der Waals surface area contributed by atoms with E-state index in [4.69, 9.17) is 9.47 Å². The molecule has 1 aliphatic rings. The lowest BCUT2D eigenvalue weighted by Crippen LogP contribution is -3.10. The Kier molecular flexibility index (Phi) is 4.11. The first-order valence-electron chi connectivity index (χ1n) is 7.41. The Morgan fingerprint density at radius 2 is 1.71 bits per heavy atom. The normalized spacial score (nSPS) is 17.1. The van der Waals surface area contributed by atoms with Crippen molar-refractivity contribution in [1.29, 1.82) is 0 Å². The standard InChI is InChI=1S/C18H21NO2/c1-20-17-8-7-14(11-18(17)21-2)12-19-10-9-15-5-3-4-6-16(15)13-19/h3-8,11H,9-10,12-13H2,1-2H3/p+1. The fourth-order valence-corrected chi connectivity index (χ4v) is 3.07. The van der Waals surface area contributed by atoms with Gasteiger partial charge in [-0.3, -0.25) is 0 Å². The molecule has 1 unspecified atom stereocenters. The van der Waals surface area contributed by atoms with Crippen molar-refractivity contribution in [3.63, 3.8) is 0 Å². The van der Waals surface area contributed by atoms with E-state index in [1.807, 2.05) is 6.07 Å². The van der Waals surface area contributed by atoms with Gasteiger partial charge in [0.25, 0.3) is 0 Å². The molecule has 0 bridgehead atoms. The lowest BCUT2D eigenvalue weighted by molar-refractivity contribution is -0.929. The minimum absolute atomic E-state index is 0.792. The van der Waals surface area contributed by atoms with E-state index in [1.54, 1.807) is 19.1 Å². The highest BCUT2D eigenvalue weighted by Crippen LogP contribution is 2.27. The van der Waals surface area contributed by atoms with Gasteiger partial charge in [0.2, 0.25) is 0 Å². The highest BCUT2D eigenvalue weighted by Gasteiger charge is 2.19. The van der Waals surface area contributed by atoms with Gasteiger partial charge in [0.15, 0.2) is 11.5 Å². The summed E-state index contributed by atoms with van der Waals surface area (Å²) < 4.78 is 10.7. The van der Waals surface area contributed by atoms with Crippen molar-refractivity contribution in [3.8, 4) is 11.5 Å². The van der Waals surface area contributed by atoms with E-state index < -0.39 is 0 Å². The molecule has 0 radical (unpaired) electrons. The van der Waals surface area contributed by atoms with Gasteiger partial charge in [-0.05, 0) is 23.8 Å². The van der Waals surface area contributed by atoms with E-state index in [1.165, 1.54) is 29.7 Å². The summed E-state index contributed by atoms with van der Waals surface area (Å²) in [7, 11) is 3.36. The average Bonchev–Trinajstić information content (AvgIpc) is 2.54. The van der Waals surface area contributed by atoms with Crippen LogP contribution in [-0.2, 0) is 19.5 Å². The molecular weight excluding hydrogens is 262 g/mol. The van der Waals surface area contributed by atoms with Crippen LogP contribution in [0.5, 0.6) is 11.5 Å². The first-order valence-corrected chi connectivity index (χ1v) is 7.41. The number of methoxy groups -OCH3 is 2. The minimum atomic E-state index is 0.792. The van der Waals surface area contributed by atoms with Gasteiger partial charge >= 0.3 is 0 Å². The maximum absolute atomic E-state index is 5.39. The molecule has 0 aromatic heterocycles. The summed E-state index contributed by atoms with van der Waals surface area (Å²) in [5.41, 5.74) is 4.29. The number of quaternary nitrogens is 1. The number of fused-ring (bicyclic) bond motifs is 1. The monoisotopic (exact) mass is 284 g/mol. The molecule has 0 aliphatic carbocycles. The van der Waals surface area contributed by atoms with Crippen molar-refractivity contribution in [1.82, 2.24) is 0 Å². The van der Waals surface area contributed by atoms with Crippen LogP contribution in [0.2, 0.25) is 0 Å². The van der Waals surface area contributed by atoms with Crippen molar-refractivity contribution in [2.24, 2.45) is 0 Å². The molecule has 2 aromatic rings. The van der Waals surface area contributed by atoms with Crippen molar-refractivity contribution in [3.05, 3.63) is 59.2 Å². The molecule has 3 nitrogen and oxygen atoms in total. The van der Waals surface area contributed by atoms with E-state index in [0.29, 0.717) is 0 Å². The third kappa shape index (κ3) is 3.03. The quantitative estimate of drug-likeness (QED) is 0.926. The number of hydrogen-bond acceptors (Lipinski definition) is 2. The molecule has 3 heteroatoms. The SMILES string of the molecule is COc1ccc(C[NH+]2CCc3ccccc3C2)cc1OC. The first kappa shape index (κ1) is 14.0. The molecule has 0 saturated carbocycles. The van der Waals surface area contributed by atoms with Crippen LogP contribution in [0.25, 0.3) is 0 Å². The Morgan fingerprint density at radius 3 is 2.48 bits per heavy atom. The van der Waals surface area contributed by atoms with Gasteiger partial charge in [0.1, 0.15) is 13.1 Å². The Bertz CT molecular complexity index is 624. The molecule has 3 rings (SSSR count). The van der Waals surface area contributed by atoms with Gasteiger partial charge in [0, 0.05) is 17.5 Å². The van der Waals surface area contributed by atoms with Crippen molar-refractivity contribution in [2.45, 2.75) is 19.5 Å². The maximum atomic E-state index is 5.39. The highest BCUT2D eigenvalue weighted by molar-refractivity contribution is 5.42. The van der Waals surface area contributed by atoms with Crippen LogP contribution in [0.4, 0.5) is 0 Å². The van der Waals surface area contributed by atoms with E-state index in [9.17, 15) is 0 Å². The molecule has 0 fully saturated rings. The molecule has 110 valence electrons. The van der Waals surface area contributed by atoms with Gasteiger partial charge in [-0.1, -0.05) is 24.3 Å². The van der Waals surface area contributed by atoms with Crippen molar-refractivity contribution < 1.29 is 14.4 Å². The molecule has 1 aliphatic heterocycles. The second-order valence-electron chi connectivity index (χ2n) is 5.56. The van der Waals surface area contributed by atoms with Gasteiger partial charge in [-0.15, -0.1) is 0 Å². The summed E-state index contributed by atoms with van der Waals surface area (Å²) in [5, 5.41) is 0. The fraction of sp³-hybridized carbons (Fsp3) is 0.333. The maximum Gasteiger partial charge on any atom is 0.161 e. The summed E-state index contributed by atoms with van der Waals surface area (Å²) in [6.45, 7) is 3.31. The third-order valence-electron chi connectivity index (χ3n) is 4.21. The summed E-state index contributed by atoms with van der Waals surface area (Å²) in [6.07, 6.45) is 1.17. The molecule has 0 amide bonds. The molecule has 21 heavy (non-hydrogen) atoms. The second kappa shape index (κ2) is 6.19. The van der Waals surface area contributed by atoms with E-state index in [0.717, 1.165) is 24.6 Å². The fourth-order valence-electron chi connectivity index (χ4n) is 3.07. The Morgan fingerprint density at radius 1 is 0.952 bits per heavy atom. The summed E-state index contributed by atoms with van der Waals surface area (Å²) in [5.74, 6) is 1.60.